The van der Waals surface area contributed by atoms with Crippen LogP contribution < -0.4 is 10.0 Å². The molecular weight excluding hydrogens is 534 g/mol. The number of anilines is 1. The number of sulfonamides is 1. The van der Waals surface area contributed by atoms with Crippen molar-refractivity contribution in [1.29, 1.82) is 0 Å². The quantitative estimate of drug-likeness (QED) is 0.222. The molecule has 1 unspecified atom stereocenters. The van der Waals surface area contributed by atoms with Gasteiger partial charge >= 0.3 is 0 Å². The van der Waals surface area contributed by atoms with E-state index in [2.05, 4.69) is 33.9 Å². The van der Waals surface area contributed by atoms with Crippen LogP contribution in [0.2, 0.25) is 5.02 Å². The zero-order valence-electron chi connectivity index (χ0n) is 22.7. The van der Waals surface area contributed by atoms with Crippen LogP contribution in [-0.4, -0.2) is 34.9 Å². The number of nitrogens with one attached hydrogen (secondary N) is 2. The van der Waals surface area contributed by atoms with Gasteiger partial charge in [0.25, 0.3) is 15.9 Å². The Kier molecular flexibility index (Phi) is 8.92. The fraction of sp³-hybridized carbons (Fsp3) is 0.345. The highest BCUT2D eigenvalue weighted by atomic mass is 35.5. The summed E-state index contributed by atoms with van der Waals surface area (Å²) in [5, 5.41) is 4.19. The zero-order valence-corrected chi connectivity index (χ0v) is 24.2. The Hall–Kier alpha value is -3.43. The first-order chi connectivity index (χ1) is 18.6. The summed E-state index contributed by atoms with van der Waals surface area (Å²) in [6.07, 6.45) is 4.49. The standard InChI is InChI=1S/C29H34ClN5O3S/c1-5-7-8-22(6-2)32-23-12-11-21(25(30)17-23)18-35-20(4)31-26-15-16-27(33-28(26)35)29(36)34-39(37,38)24-13-9-19(3)10-14-24/h9-17,22,32H,5-8,18H2,1-4H3,(H,34,36). The van der Waals surface area contributed by atoms with Crippen LogP contribution in [0.3, 0.4) is 0 Å². The summed E-state index contributed by atoms with van der Waals surface area (Å²) in [5.41, 5.74) is 3.82. The number of nitrogens with zero attached hydrogens (tertiary/aromatic N) is 3. The van der Waals surface area contributed by atoms with Gasteiger partial charge in [-0.1, -0.05) is 62.1 Å². The molecule has 0 aliphatic carbocycles. The Balaban J connectivity index is 1.56. The maximum Gasteiger partial charge on any atom is 0.283 e. The molecule has 0 radical (unpaired) electrons. The lowest BCUT2D eigenvalue weighted by Gasteiger charge is -2.19. The van der Waals surface area contributed by atoms with Crippen LogP contribution in [0.5, 0.6) is 0 Å². The van der Waals surface area contributed by atoms with Crippen molar-refractivity contribution in [3.8, 4) is 0 Å². The van der Waals surface area contributed by atoms with Crippen LogP contribution in [0.25, 0.3) is 11.2 Å². The molecule has 2 aromatic carbocycles. The van der Waals surface area contributed by atoms with Gasteiger partial charge in [0.1, 0.15) is 17.0 Å². The summed E-state index contributed by atoms with van der Waals surface area (Å²) < 4.78 is 29.4. The van der Waals surface area contributed by atoms with Crippen molar-refractivity contribution in [1.82, 2.24) is 19.3 Å². The highest BCUT2D eigenvalue weighted by Crippen LogP contribution is 2.25. The van der Waals surface area contributed by atoms with Gasteiger partial charge in [-0.25, -0.2) is 23.1 Å². The first-order valence-corrected chi connectivity index (χ1v) is 15.0. The predicted octanol–water partition coefficient (Wildman–Crippen LogP) is 6.25. The van der Waals surface area contributed by atoms with Crippen molar-refractivity contribution >= 4 is 44.4 Å². The molecule has 2 aromatic heterocycles. The molecule has 0 fully saturated rings. The number of aromatic nitrogens is 3. The number of unbranched alkanes of at least 4 members (excludes halogenated alkanes) is 1. The van der Waals surface area contributed by atoms with E-state index in [0.29, 0.717) is 34.6 Å². The lowest BCUT2D eigenvalue weighted by Crippen LogP contribution is -2.31. The van der Waals surface area contributed by atoms with Crippen molar-refractivity contribution in [2.75, 3.05) is 5.32 Å². The second-order valence-corrected chi connectivity index (χ2v) is 11.8. The molecule has 0 bridgehead atoms. The van der Waals surface area contributed by atoms with Gasteiger partial charge < -0.3 is 9.88 Å². The Labute approximate surface area is 234 Å². The maximum atomic E-state index is 12.9. The van der Waals surface area contributed by atoms with E-state index in [9.17, 15) is 13.2 Å². The van der Waals surface area contributed by atoms with E-state index < -0.39 is 15.9 Å². The second-order valence-electron chi connectivity index (χ2n) is 9.73. The zero-order chi connectivity index (χ0) is 28.2. The normalized spacial score (nSPS) is 12.4. The lowest BCUT2D eigenvalue weighted by atomic mass is 10.1. The van der Waals surface area contributed by atoms with Crippen LogP contribution in [0.1, 0.15) is 67.0 Å². The maximum absolute atomic E-state index is 12.9. The van der Waals surface area contributed by atoms with Crippen LogP contribution >= 0.6 is 11.6 Å². The third-order valence-corrected chi connectivity index (χ3v) is 8.42. The molecule has 0 aliphatic rings. The number of carbonyl (C=O) groups excluding carboxylic acids is 1. The summed E-state index contributed by atoms with van der Waals surface area (Å²) in [6, 6.07) is 15.7. The van der Waals surface area contributed by atoms with Gasteiger partial charge in [0.15, 0.2) is 5.65 Å². The number of carbonyl (C=O) groups is 1. The van der Waals surface area contributed by atoms with Gasteiger partial charge in [0.2, 0.25) is 0 Å². The van der Waals surface area contributed by atoms with Gasteiger partial charge in [-0.2, -0.15) is 0 Å². The number of hydrogen-bond donors (Lipinski definition) is 2. The highest BCUT2D eigenvalue weighted by Gasteiger charge is 2.21. The molecule has 0 spiro atoms. The van der Waals surface area contributed by atoms with Crippen molar-refractivity contribution in [3.05, 3.63) is 82.3 Å². The minimum atomic E-state index is -4.04. The van der Waals surface area contributed by atoms with Crippen molar-refractivity contribution < 1.29 is 13.2 Å². The molecule has 2 heterocycles. The minimum absolute atomic E-state index is 0.00612. The van der Waals surface area contributed by atoms with E-state index in [1.165, 1.54) is 24.6 Å². The lowest BCUT2D eigenvalue weighted by molar-refractivity contribution is 0.0977. The summed E-state index contributed by atoms with van der Waals surface area (Å²) in [4.78, 5) is 21.9. The first kappa shape index (κ1) is 28.6. The van der Waals surface area contributed by atoms with E-state index in [1.54, 1.807) is 18.2 Å². The van der Waals surface area contributed by atoms with Gasteiger partial charge in [-0.05, 0) is 68.7 Å². The topological polar surface area (TPSA) is 106 Å². The molecule has 4 aromatic rings. The number of rotatable bonds is 11. The number of amides is 1. The van der Waals surface area contributed by atoms with Crippen LogP contribution in [0, 0.1) is 13.8 Å². The number of halogens is 1. The third kappa shape index (κ3) is 6.78. The predicted molar refractivity (Wildman–Crippen MR) is 156 cm³/mol. The fourth-order valence-corrected chi connectivity index (χ4v) is 5.58. The summed E-state index contributed by atoms with van der Waals surface area (Å²) in [5.74, 6) is -0.115. The summed E-state index contributed by atoms with van der Waals surface area (Å²) in [6.45, 7) is 8.47. The Bertz CT molecular complexity index is 1580. The van der Waals surface area contributed by atoms with E-state index in [4.69, 9.17) is 11.6 Å². The van der Waals surface area contributed by atoms with E-state index in [-0.39, 0.29) is 10.6 Å². The van der Waals surface area contributed by atoms with Crippen LogP contribution in [-0.2, 0) is 16.6 Å². The molecule has 206 valence electrons. The van der Waals surface area contributed by atoms with E-state index in [1.807, 2.05) is 36.6 Å². The number of hydrogen-bond acceptors (Lipinski definition) is 6. The molecule has 10 heteroatoms. The molecule has 4 rings (SSSR count). The van der Waals surface area contributed by atoms with Crippen LogP contribution in [0.15, 0.2) is 59.5 Å². The largest absolute Gasteiger partial charge is 0.382 e. The van der Waals surface area contributed by atoms with Crippen molar-refractivity contribution in [3.63, 3.8) is 0 Å². The third-order valence-electron chi connectivity index (χ3n) is 6.73. The SMILES string of the molecule is CCCCC(CC)Nc1ccc(Cn2c(C)nc3ccc(C(=O)NS(=O)(=O)c4ccc(C)cc4)nc32)c(Cl)c1. The van der Waals surface area contributed by atoms with E-state index >= 15 is 0 Å². The Morgan fingerprint density at radius 3 is 2.44 bits per heavy atom. The minimum Gasteiger partial charge on any atom is -0.382 e. The first-order valence-electron chi connectivity index (χ1n) is 13.1. The molecule has 1 atom stereocenters. The molecule has 8 nitrogen and oxygen atoms in total. The number of imidazole rings is 1. The number of aryl methyl sites for hydroxylation is 2. The van der Waals surface area contributed by atoms with Gasteiger partial charge in [0, 0.05) is 16.8 Å². The molecule has 39 heavy (non-hydrogen) atoms. The Morgan fingerprint density at radius 1 is 1.03 bits per heavy atom. The molecule has 1 amide bonds. The fourth-order valence-electron chi connectivity index (χ4n) is 4.38. The average molecular weight is 568 g/mol. The number of benzene rings is 2. The molecule has 0 saturated carbocycles. The van der Waals surface area contributed by atoms with Gasteiger partial charge in [-0.15, -0.1) is 0 Å². The summed E-state index contributed by atoms with van der Waals surface area (Å²) in [7, 11) is -4.04. The van der Waals surface area contributed by atoms with Gasteiger partial charge in [-0.3, -0.25) is 4.79 Å². The average Bonchev–Trinajstić information content (AvgIpc) is 3.21. The number of pyridine rings is 1. The smallest absolute Gasteiger partial charge is 0.283 e. The molecule has 2 N–H and O–H groups in total. The van der Waals surface area contributed by atoms with Crippen molar-refractivity contribution in [2.24, 2.45) is 0 Å². The highest BCUT2D eigenvalue weighted by molar-refractivity contribution is 7.90. The van der Waals surface area contributed by atoms with Gasteiger partial charge in [0.05, 0.1) is 11.4 Å². The van der Waals surface area contributed by atoms with Crippen molar-refractivity contribution in [2.45, 2.75) is 70.9 Å². The molecule has 0 saturated heterocycles. The monoisotopic (exact) mass is 567 g/mol. The molecular formula is C29H34ClN5O3S. The second kappa shape index (κ2) is 12.2. The number of fused-ring (bicyclic) bond motifs is 1. The molecule has 0 aliphatic heterocycles. The Morgan fingerprint density at radius 2 is 1.77 bits per heavy atom. The van der Waals surface area contributed by atoms with E-state index in [0.717, 1.165) is 36.1 Å². The van der Waals surface area contributed by atoms with Crippen LogP contribution in [0.4, 0.5) is 5.69 Å². The summed E-state index contributed by atoms with van der Waals surface area (Å²) >= 11 is 6.68.